The molecule has 1 saturated heterocycles. The minimum atomic E-state index is -5.08. The molecule has 1 heterocycles. The van der Waals surface area contributed by atoms with E-state index >= 15 is 0 Å². The van der Waals surface area contributed by atoms with Crippen LogP contribution in [0.3, 0.4) is 0 Å². The molecule has 0 aromatic heterocycles. The molecule has 2 N–H and O–H groups in total. The number of nitrogens with one attached hydrogen (secondary N) is 1. The van der Waals surface area contributed by atoms with E-state index in [0.29, 0.717) is 13.0 Å². The largest absolute Gasteiger partial charge is 0.490 e. The van der Waals surface area contributed by atoms with E-state index in [9.17, 15) is 26.4 Å². The first-order valence-corrected chi connectivity index (χ1v) is 7.15. The molecule has 20 heavy (non-hydrogen) atoms. The van der Waals surface area contributed by atoms with Crippen molar-refractivity contribution in [1.29, 1.82) is 0 Å². The van der Waals surface area contributed by atoms with Crippen LogP contribution in [0, 0.1) is 0 Å². The zero-order valence-corrected chi connectivity index (χ0v) is 11.4. The van der Waals surface area contributed by atoms with Gasteiger partial charge < -0.3 is 15.2 Å². The van der Waals surface area contributed by atoms with Crippen molar-refractivity contribution < 1.29 is 41.0 Å². The summed E-state index contributed by atoms with van der Waals surface area (Å²) in [5.41, 5.74) is 0. The predicted molar refractivity (Wildman–Crippen MR) is 60.7 cm³/mol. The number of carbonyl (C=O) groups excluding carboxylic acids is 1. The molecule has 0 bridgehead atoms. The Hall–Kier alpha value is -1.36. The highest BCUT2D eigenvalue weighted by Crippen LogP contribution is 2.14. The van der Waals surface area contributed by atoms with Crippen molar-refractivity contribution >= 4 is 21.8 Å². The molecule has 118 valence electrons. The van der Waals surface area contributed by atoms with Crippen LogP contribution in [0.4, 0.5) is 13.2 Å². The Balaban J connectivity index is 0.000000441. The van der Waals surface area contributed by atoms with Crippen molar-refractivity contribution in [2.24, 2.45) is 0 Å². The molecule has 0 saturated carbocycles. The van der Waals surface area contributed by atoms with Gasteiger partial charge in [-0.1, -0.05) is 0 Å². The Morgan fingerprint density at radius 1 is 1.35 bits per heavy atom. The summed E-state index contributed by atoms with van der Waals surface area (Å²) in [6.45, 7) is 0.332. The monoisotopic (exact) mass is 321 g/mol. The highest BCUT2D eigenvalue weighted by Gasteiger charge is 2.38. The van der Waals surface area contributed by atoms with Crippen LogP contribution >= 0.6 is 0 Å². The third-order valence-electron chi connectivity index (χ3n) is 2.42. The maximum absolute atomic E-state index is 11.1. The smallest absolute Gasteiger partial charge is 0.475 e. The molecule has 0 aliphatic carbocycles. The van der Waals surface area contributed by atoms with Crippen molar-refractivity contribution in [3.05, 3.63) is 0 Å². The predicted octanol–water partition coefficient (Wildman–Crippen LogP) is -0.432. The Labute approximate surface area is 113 Å². The van der Waals surface area contributed by atoms with Crippen molar-refractivity contribution in [1.82, 2.24) is 5.32 Å². The van der Waals surface area contributed by atoms with E-state index in [1.54, 1.807) is 0 Å². The Morgan fingerprint density at radius 2 is 1.80 bits per heavy atom. The van der Waals surface area contributed by atoms with Gasteiger partial charge in [0.25, 0.3) is 0 Å². The molecule has 7 nitrogen and oxygen atoms in total. The summed E-state index contributed by atoms with van der Waals surface area (Å²) in [6.07, 6.45) is -3.59. The third kappa shape index (κ3) is 6.19. The van der Waals surface area contributed by atoms with Gasteiger partial charge in [-0.15, -0.1) is 0 Å². The zero-order valence-electron chi connectivity index (χ0n) is 10.6. The van der Waals surface area contributed by atoms with Gasteiger partial charge in [0, 0.05) is 12.8 Å². The molecule has 0 amide bonds. The molecule has 0 unspecified atom stereocenters. The fourth-order valence-corrected chi connectivity index (χ4v) is 2.29. The van der Waals surface area contributed by atoms with E-state index < -0.39 is 39.2 Å². The summed E-state index contributed by atoms with van der Waals surface area (Å²) in [5.74, 6) is -3.15. The summed E-state index contributed by atoms with van der Waals surface area (Å²) in [6, 6.07) is -0.468. The Kier molecular flexibility index (Phi) is 6.41. The first kappa shape index (κ1) is 18.6. The van der Waals surface area contributed by atoms with Gasteiger partial charge in [-0.05, 0) is 6.42 Å². The molecule has 0 aromatic rings. The lowest BCUT2D eigenvalue weighted by atomic mass is 10.2. The van der Waals surface area contributed by atoms with Crippen LogP contribution in [0.25, 0.3) is 0 Å². The number of carboxylic acids is 1. The number of rotatable bonds is 2. The lowest BCUT2D eigenvalue weighted by molar-refractivity contribution is -0.192. The maximum Gasteiger partial charge on any atom is 0.490 e. The van der Waals surface area contributed by atoms with Crippen molar-refractivity contribution in [3.63, 3.8) is 0 Å². The van der Waals surface area contributed by atoms with Crippen LogP contribution < -0.4 is 5.32 Å². The van der Waals surface area contributed by atoms with E-state index in [0.717, 1.165) is 0 Å². The van der Waals surface area contributed by atoms with Gasteiger partial charge in [-0.2, -0.15) is 13.2 Å². The van der Waals surface area contributed by atoms with Gasteiger partial charge >= 0.3 is 18.1 Å². The fourth-order valence-electron chi connectivity index (χ4n) is 1.35. The van der Waals surface area contributed by atoms with Crippen molar-refractivity contribution in [2.45, 2.75) is 23.9 Å². The van der Waals surface area contributed by atoms with Crippen LogP contribution in [-0.2, 0) is 24.2 Å². The van der Waals surface area contributed by atoms with E-state index in [-0.39, 0.29) is 0 Å². The quantitative estimate of drug-likeness (QED) is 0.664. The number of carboxylic acid groups (broad SMARTS) is 1. The van der Waals surface area contributed by atoms with Crippen LogP contribution in [0.15, 0.2) is 0 Å². The fraction of sp³-hybridized carbons (Fsp3) is 0.778. The number of halogens is 3. The number of methoxy groups -OCH3 is 1. The van der Waals surface area contributed by atoms with E-state index in [4.69, 9.17) is 9.90 Å². The Morgan fingerprint density at radius 3 is 2.05 bits per heavy atom. The summed E-state index contributed by atoms with van der Waals surface area (Å²) < 4.78 is 58.4. The molecule has 0 radical (unpaired) electrons. The van der Waals surface area contributed by atoms with Gasteiger partial charge in [0.15, 0.2) is 9.84 Å². The van der Waals surface area contributed by atoms with Crippen molar-refractivity contribution in [2.75, 3.05) is 19.9 Å². The van der Waals surface area contributed by atoms with E-state index in [2.05, 4.69) is 10.1 Å². The van der Waals surface area contributed by atoms with Gasteiger partial charge in [0.2, 0.25) is 0 Å². The van der Waals surface area contributed by atoms with Gasteiger partial charge in [0.05, 0.1) is 12.4 Å². The lowest BCUT2D eigenvalue weighted by Crippen LogP contribution is -2.31. The molecule has 0 spiro atoms. The molecule has 0 aromatic carbocycles. The number of ether oxygens (including phenoxy) is 1. The summed E-state index contributed by atoms with van der Waals surface area (Å²) in [7, 11) is -1.76. The van der Waals surface area contributed by atoms with Gasteiger partial charge in [-0.25, -0.2) is 13.2 Å². The minimum absolute atomic E-state index is 0.311. The molecule has 1 aliphatic heterocycles. The average Bonchev–Trinajstić information content (AvgIpc) is 2.76. The molecule has 1 rings (SSSR count). The molecule has 2 atom stereocenters. The number of aliphatic carboxylic acids is 1. The average molecular weight is 321 g/mol. The van der Waals surface area contributed by atoms with Crippen molar-refractivity contribution in [3.8, 4) is 0 Å². The molecular formula is C9H14F3NO6S. The standard InChI is InChI=1S/C7H13NO4S.C2HF3O2/c1-12-7(9)6-3-5(4-8-6)13(2,10)11;3-2(4,5)1(6)7/h5-6,8H,3-4H2,1-2H3;(H,6,7)/t5-,6+;/m1./s1. The molecular weight excluding hydrogens is 307 g/mol. The normalized spacial score (nSPS) is 22.6. The summed E-state index contributed by atoms with van der Waals surface area (Å²) in [4.78, 5) is 19.9. The number of alkyl halides is 3. The van der Waals surface area contributed by atoms with Crippen LogP contribution in [-0.4, -0.2) is 62.8 Å². The maximum atomic E-state index is 11.1. The van der Waals surface area contributed by atoms with Crippen LogP contribution in [0.1, 0.15) is 6.42 Å². The van der Waals surface area contributed by atoms with E-state index in [1.165, 1.54) is 13.4 Å². The summed E-state index contributed by atoms with van der Waals surface area (Å²) >= 11 is 0. The van der Waals surface area contributed by atoms with Gasteiger partial charge in [-0.3, -0.25) is 4.79 Å². The SMILES string of the molecule is COC(=O)[C@@H]1C[C@@H](S(C)(=O)=O)CN1.O=C(O)C(F)(F)F. The zero-order chi connectivity index (χ0) is 16.1. The number of hydrogen-bond donors (Lipinski definition) is 2. The second kappa shape index (κ2) is 6.88. The molecule has 1 fully saturated rings. The number of carbonyl (C=O) groups is 2. The lowest BCUT2D eigenvalue weighted by Gasteiger charge is -2.06. The topological polar surface area (TPSA) is 110 Å². The Bertz CT molecular complexity index is 461. The number of hydrogen-bond acceptors (Lipinski definition) is 6. The first-order valence-electron chi connectivity index (χ1n) is 5.19. The second-order valence-electron chi connectivity index (χ2n) is 3.97. The van der Waals surface area contributed by atoms with Crippen LogP contribution in [0.2, 0.25) is 0 Å². The highest BCUT2D eigenvalue weighted by molar-refractivity contribution is 7.91. The van der Waals surface area contributed by atoms with Gasteiger partial charge in [0.1, 0.15) is 6.04 Å². The van der Waals surface area contributed by atoms with E-state index in [1.807, 2.05) is 0 Å². The number of esters is 1. The highest BCUT2D eigenvalue weighted by atomic mass is 32.2. The molecule has 1 aliphatic rings. The summed E-state index contributed by atoms with van der Waals surface area (Å²) in [5, 5.41) is 9.47. The third-order valence-corrected chi connectivity index (χ3v) is 3.99. The first-order chi connectivity index (χ1) is 8.89. The number of sulfone groups is 1. The van der Waals surface area contributed by atoms with Crippen LogP contribution in [0.5, 0.6) is 0 Å². The minimum Gasteiger partial charge on any atom is -0.475 e. The molecule has 11 heteroatoms. The second-order valence-corrected chi connectivity index (χ2v) is 6.30.